The largest absolute Gasteiger partial charge is 0.320 e. The number of halogens is 1. The standard InChI is InChI=1S/C18H26FNO4/c1-13(2)17-9-4-14(3)10-18(17)23-21-11-20(12-22-24-18)16-7-5-15(19)6-8-16/h5-8,13-14,17H,4,9-12H2,1-3H3/t14-,17+/m0/s1. The van der Waals surface area contributed by atoms with Gasteiger partial charge in [-0.15, -0.1) is 0 Å². The van der Waals surface area contributed by atoms with Crippen LogP contribution in [0.4, 0.5) is 10.1 Å². The summed E-state index contributed by atoms with van der Waals surface area (Å²) < 4.78 is 13.1. The van der Waals surface area contributed by atoms with Crippen LogP contribution in [0.5, 0.6) is 0 Å². The van der Waals surface area contributed by atoms with Gasteiger partial charge in [-0.3, -0.25) is 0 Å². The molecule has 1 spiro atoms. The van der Waals surface area contributed by atoms with Gasteiger partial charge in [-0.05, 0) is 42.5 Å². The van der Waals surface area contributed by atoms with Gasteiger partial charge in [0.1, 0.15) is 5.82 Å². The fourth-order valence-electron chi connectivity index (χ4n) is 3.69. The van der Waals surface area contributed by atoms with E-state index in [2.05, 4.69) is 20.8 Å². The van der Waals surface area contributed by atoms with E-state index in [4.69, 9.17) is 19.6 Å². The van der Waals surface area contributed by atoms with Crippen LogP contribution in [0.25, 0.3) is 0 Å². The Labute approximate surface area is 142 Å². The molecule has 1 saturated carbocycles. The molecule has 24 heavy (non-hydrogen) atoms. The van der Waals surface area contributed by atoms with E-state index in [0.29, 0.717) is 11.8 Å². The molecule has 1 aromatic carbocycles. The molecule has 6 heteroatoms. The van der Waals surface area contributed by atoms with Crippen molar-refractivity contribution in [2.24, 2.45) is 17.8 Å². The summed E-state index contributed by atoms with van der Waals surface area (Å²) in [5.41, 5.74) is 0.775. The van der Waals surface area contributed by atoms with Gasteiger partial charge < -0.3 is 4.90 Å². The van der Waals surface area contributed by atoms with Crippen molar-refractivity contribution in [2.45, 2.75) is 45.8 Å². The molecule has 1 heterocycles. The second kappa shape index (κ2) is 7.35. The molecule has 5 nitrogen and oxygen atoms in total. The van der Waals surface area contributed by atoms with Gasteiger partial charge in [-0.25, -0.2) is 14.2 Å². The number of nitrogens with zero attached hydrogens (tertiary/aromatic N) is 1. The smallest absolute Gasteiger partial charge is 0.237 e. The number of hydrogen-bond donors (Lipinski definition) is 0. The monoisotopic (exact) mass is 339 g/mol. The minimum absolute atomic E-state index is 0.190. The lowest BCUT2D eigenvalue weighted by Gasteiger charge is -2.46. The Balaban J connectivity index is 1.69. The van der Waals surface area contributed by atoms with Crippen LogP contribution in [0.3, 0.4) is 0 Å². The van der Waals surface area contributed by atoms with Gasteiger partial charge in [0.05, 0.1) is 0 Å². The van der Waals surface area contributed by atoms with Crippen LogP contribution in [0.2, 0.25) is 0 Å². The van der Waals surface area contributed by atoms with Crippen molar-refractivity contribution in [2.75, 3.05) is 18.4 Å². The van der Waals surface area contributed by atoms with E-state index in [-0.39, 0.29) is 25.2 Å². The molecule has 2 fully saturated rings. The minimum Gasteiger partial charge on any atom is -0.320 e. The Morgan fingerprint density at radius 2 is 1.71 bits per heavy atom. The maximum absolute atomic E-state index is 13.1. The van der Waals surface area contributed by atoms with Crippen LogP contribution in [-0.2, 0) is 19.6 Å². The van der Waals surface area contributed by atoms with E-state index in [0.717, 1.165) is 24.9 Å². The van der Waals surface area contributed by atoms with E-state index < -0.39 is 5.79 Å². The quantitative estimate of drug-likeness (QED) is 0.754. The van der Waals surface area contributed by atoms with E-state index >= 15 is 0 Å². The first-order chi connectivity index (χ1) is 11.5. The molecule has 0 N–H and O–H groups in total. The third-order valence-electron chi connectivity index (χ3n) is 4.98. The first-order valence-corrected chi connectivity index (χ1v) is 8.62. The van der Waals surface area contributed by atoms with Crippen molar-refractivity contribution in [3.63, 3.8) is 0 Å². The number of hydrogen-bond acceptors (Lipinski definition) is 5. The topological polar surface area (TPSA) is 40.2 Å². The van der Waals surface area contributed by atoms with Gasteiger partial charge in [0.15, 0.2) is 13.5 Å². The molecule has 1 aliphatic heterocycles. The van der Waals surface area contributed by atoms with Crippen LogP contribution >= 0.6 is 0 Å². The van der Waals surface area contributed by atoms with Gasteiger partial charge >= 0.3 is 0 Å². The molecular weight excluding hydrogens is 313 g/mol. The number of benzene rings is 1. The average Bonchev–Trinajstić information content (AvgIpc) is 2.52. The summed E-state index contributed by atoms with van der Waals surface area (Å²) in [7, 11) is 0. The van der Waals surface area contributed by atoms with E-state index in [1.807, 2.05) is 0 Å². The molecule has 1 aliphatic carbocycles. The zero-order valence-corrected chi connectivity index (χ0v) is 14.5. The summed E-state index contributed by atoms with van der Waals surface area (Å²) in [5, 5.41) is 0. The summed E-state index contributed by atoms with van der Waals surface area (Å²) >= 11 is 0. The van der Waals surface area contributed by atoms with Crippen molar-refractivity contribution in [3.05, 3.63) is 30.1 Å². The third-order valence-corrected chi connectivity index (χ3v) is 4.98. The molecule has 3 rings (SSSR count). The molecule has 0 aromatic heterocycles. The van der Waals surface area contributed by atoms with Gasteiger partial charge in [-0.1, -0.05) is 27.2 Å². The van der Waals surface area contributed by atoms with Crippen molar-refractivity contribution < 1.29 is 23.9 Å². The van der Waals surface area contributed by atoms with Gasteiger partial charge in [-0.2, -0.15) is 9.78 Å². The third kappa shape index (κ3) is 3.72. The fraction of sp³-hybridized carbons (Fsp3) is 0.667. The average molecular weight is 339 g/mol. The minimum atomic E-state index is -0.860. The summed E-state index contributed by atoms with van der Waals surface area (Å²) in [4.78, 5) is 24.3. The molecule has 0 bridgehead atoms. The molecule has 0 amide bonds. The summed E-state index contributed by atoms with van der Waals surface area (Å²) in [6, 6.07) is 6.13. The van der Waals surface area contributed by atoms with E-state index in [1.54, 1.807) is 17.0 Å². The SMILES string of the molecule is CC(C)[C@H]1CC[C@H](C)CC12OOCN(c1ccc(F)cc1)COO2. The Morgan fingerprint density at radius 1 is 1.08 bits per heavy atom. The molecule has 2 aliphatic rings. The molecule has 1 aromatic rings. The van der Waals surface area contributed by atoms with Crippen LogP contribution in [0.1, 0.15) is 40.0 Å². The molecule has 2 atom stereocenters. The van der Waals surface area contributed by atoms with Crippen molar-refractivity contribution in [1.29, 1.82) is 0 Å². The Hall–Kier alpha value is -1.21. The zero-order valence-electron chi connectivity index (χ0n) is 14.5. The maximum Gasteiger partial charge on any atom is 0.237 e. The highest BCUT2D eigenvalue weighted by molar-refractivity contribution is 5.45. The highest BCUT2D eigenvalue weighted by Crippen LogP contribution is 2.45. The molecule has 134 valence electrons. The Bertz CT molecular complexity index is 526. The maximum atomic E-state index is 13.1. The Kier molecular flexibility index (Phi) is 5.39. The van der Waals surface area contributed by atoms with Gasteiger partial charge in [0.2, 0.25) is 5.79 Å². The zero-order chi connectivity index (χ0) is 17.2. The normalized spacial score (nSPS) is 28.0. The first-order valence-electron chi connectivity index (χ1n) is 8.62. The van der Waals surface area contributed by atoms with Crippen LogP contribution in [-0.4, -0.2) is 19.2 Å². The Morgan fingerprint density at radius 3 is 2.29 bits per heavy atom. The lowest BCUT2D eigenvalue weighted by molar-refractivity contribution is -0.542. The highest BCUT2D eigenvalue weighted by atomic mass is 19.1. The summed E-state index contributed by atoms with van der Waals surface area (Å²) in [6.07, 6.45) is 2.92. The van der Waals surface area contributed by atoms with E-state index in [9.17, 15) is 4.39 Å². The van der Waals surface area contributed by atoms with Crippen molar-refractivity contribution in [1.82, 2.24) is 0 Å². The second-order valence-corrected chi connectivity index (χ2v) is 7.23. The molecular formula is C18H26FNO4. The predicted molar refractivity (Wildman–Crippen MR) is 87.0 cm³/mol. The first kappa shape index (κ1) is 17.6. The second-order valence-electron chi connectivity index (χ2n) is 7.23. The number of anilines is 1. The molecule has 0 radical (unpaired) electrons. The van der Waals surface area contributed by atoms with Crippen LogP contribution in [0, 0.1) is 23.6 Å². The molecule has 1 saturated heterocycles. The summed E-state index contributed by atoms with van der Waals surface area (Å²) in [6.45, 7) is 6.90. The lowest BCUT2D eigenvalue weighted by Crippen LogP contribution is -2.52. The van der Waals surface area contributed by atoms with Crippen molar-refractivity contribution >= 4 is 5.69 Å². The van der Waals surface area contributed by atoms with Gasteiger partial charge in [0.25, 0.3) is 0 Å². The summed E-state index contributed by atoms with van der Waals surface area (Å²) in [5.74, 6) is -0.0425. The lowest BCUT2D eigenvalue weighted by atomic mass is 9.73. The highest BCUT2D eigenvalue weighted by Gasteiger charge is 2.50. The van der Waals surface area contributed by atoms with Crippen molar-refractivity contribution in [3.8, 4) is 0 Å². The fourth-order valence-corrected chi connectivity index (χ4v) is 3.69. The van der Waals surface area contributed by atoms with Crippen LogP contribution in [0.15, 0.2) is 24.3 Å². The van der Waals surface area contributed by atoms with Crippen LogP contribution < -0.4 is 4.90 Å². The molecule has 0 unspecified atom stereocenters. The van der Waals surface area contributed by atoms with E-state index in [1.165, 1.54) is 12.1 Å². The van der Waals surface area contributed by atoms with Gasteiger partial charge in [0, 0.05) is 18.0 Å². The predicted octanol–water partition coefficient (Wildman–Crippen LogP) is 4.25. The number of rotatable bonds is 2.